The van der Waals surface area contributed by atoms with Crippen molar-refractivity contribution in [2.24, 2.45) is 10.2 Å². The van der Waals surface area contributed by atoms with E-state index in [1.165, 1.54) is 5.01 Å². The minimum Gasteiger partial charge on any atom is -0.348 e. The first-order chi connectivity index (χ1) is 11.6. The normalized spacial score (nSPS) is 22.3. The fourth-order valence-corrected chi connectivity index (χ4v) is 2.97. The van der Waals surface area contributed by atoms with Crippen LogP contribution >= 0.6 is 11.6 Å². The molecule has 0 bridgehead atoms. The molecule has 2 aliphatic heterocycles. The van der Waals surface area contributed by atoms with E-state index in [2.05, 4.69) is 15.6 Å². The van der Waals surface area contributed by atoms with Crippen molar-refractivity contribution >= 4 is 28.7 Å². The summed E-state index contributed by atoms with van der Waals surface area (Å²) in [6, 6.07) is 16.9. The molecule has 2 aliphatic rings. The van der Waals surface area contributed by atoms with Crippen LogP contribution in [0.3, 0.4) is 0 Å². The summed E-state index contributed by atoms with van der Waals surface area (Å²) in [5.74, 6) is -1.48. The molecule has 6 heteroatoms. The van der Waals surface area contributed by atoms with Gasteiger partial charge in [0.05, 0.1) is 22.7 Å². The maximum absolute atomic E-state index is 11.1. The number of fused-ring (bicyclic) bond motifs is 1. The van der Waals surface area contributed by atoms with Crippen molar-refractivity contribution in [2.45, 2.75) is 12.8 Å². The third-order valence-electron chi connectivity index (χ3n) is 4.08. The average molecular weight is 339 g/mol. The Morgan fingerprint density at radius 1 is 1.08 bits per heavy atom. The summed E-state index contributed by atoms with van der Waals surface area (Å²) in [5.41, 5.74) is 6.66. The Labute approximate surface area is 144 Å². The van der Waals surface area contributed by atoms with Crippen LogP contribution in [-0.4, -0.2) is 22.4 Å². The molecule has 5 nitrogen and oxygen atoms in total. The van der Waals surface area contributed by atoms with E-state index in [1.807, 2.05) is 67.6 Å². The Hall–Kier alpha value is -2.63. The lowest BCUT2D eigenvalue weighted by Crippen LogP contribution is -2.56. The van der Waals surface area contributed by atoms with Crippen molar-refractivity contribution in [3.63, 3.8) is 0 Å². The Bertz CT molecular complexity index is 874. The molecule has 0 amide bonds. The number of rotatable bonds is 2. The van der Waals surface area contributed by atoms with Crippen molar-refractivity contribution in [2.75, 3.05) is 5.01 Å². The Kier molecular flexibility index (Phi) is 3.40. The number of nitrogens with zero attached hydrogens (tertiary/aromatic N) is 3. The topological polar surface area (TPSA) is 60.2 Å². The second kappa shape index (κ2) is 5.47. The van der Waals surface area contributed by atoms with Crippen LogP contribution in [0.4, 0.5) is 5.69 Å². The molecule has 0 saturated carbocycles. The van der Waals surface area contributed by atoms with E-state index in [9.17, 15) is 5.11 Å². The van der Waals surface area contributed by atoms with Crippen LogP contribution in [0.25, 0.3) is 0 Å². The van der Waals surface area contributed by atoms with Gasteiger partial charge in [-0.3, -0.25) is 5.43 Å². The van der Waals surface area contributed by atoms with Gasteiger partial charge in [-0.1, -0.05) is 41.9 Å². The van der Waals surface area contributed by atoms with Gasteiger partial charge in [0.25, 0.3) is 5.85 Å². The minimum atomic E-state index is -1.48. The number of benzene rings is 2. The van der Waals surface area contributed by atoms with E-state index in [1.54, 1.807) is 0 Å². The monoisotopic (exact) mass is 338 g/mol. The van der Waals surface area contributed by atoms with Crippen molar-refractivity contribution in [3.05, 3.63) is 76.8 Å². The molecular weight excluding hydrogens is 324 g/mol. The van der Waals surface area contributed by atoms with E-state index in [0.717, 1.165) is 22.7 Å². The third kappa shape index (κ3) is 2.29. The molecule has 0 fully saturated rings. The van der Waals surface area contributed by atoms with Gasteiger partial charge in [0.15, 0.2) is 0 Å². The van der Waals surface area contributed by atoms with Crippen molar-refractivity contribution < 1.29 is 5.11 Å². The summed E-state index contributed by atoms with van der Waals surface area (Å²) >= 11 is 5.94. The summed E-state index contributed by atoms with van der Waals surface area (Å²) in [5, 5.41) is 22.1. The number of hydrogen-bond donors (Lipinski definition) is 2. The van der Waals surface area contributed by atoms with Gasteiger partial charge in [0.1, 0.15) is 0 Å². The van der Waals surface area contributed by atoms with Gasteiger partial charge in [-0.05, 0) is 37.3 Å². The highest BCUT2D eigenvalue weighted by molar-refractivity contribution is 6.30. The van der Waals surface area contributed by atoms with Gasteiger partial charge in [-0.2, -0.15) is 10.2 Å². The molecule has 0 radical (unpaired) electrons. The molecule has 0 spiro atoms. The summed E-state index contributed by atoms with van der Waals surface area (Å²) in [4.78, 5) is 0. The van der Waals surface area contributed by atoms with Crippen LogP contribution in [0.15, 0.2) is 76.4 Å². The molecular formula is C18H15ClN4O. The Balaban J connectivity index is 1.73. The van der Waals surface area contributed by atoms with Crippen LogP contribution in [0.2, 0.25) is 5.02 Å². The quantitative estimate of drug-likeness (QED) is 0.884. The van der Waals surface area contributed by atoms with E-state index in [-0.39, 0.29) is 0 Å². The number of halogens is 1. The highest BCUT2D eigenvalue weighted by Crippen LogP contribution is 2.35. The van der Waals surface area contributed by atoms with Gasteiger partial charge < -0.3 is 5.11 Å². The smallest absolute Gasteiger partial charge is 0.281 e. The highest BCUT2D eigenvalue weighted by atomic mass is 35.5. The number of para-hydroxylation sites is 1. The number of hydrazone groups is 2. The molecule has 1 atom stereocenters. The van der Waals surface area contributed by atoms with Crippen molar-refractivity contribution in [1.29, 1.82) is 0 Å². The van der Waals surface area contributed by atoms with E-state index in [4.69, 9.17) is 11.6 Å². The predicted molar refractivity (Wildman–Crippen MR) is 96.2 cm³/mol. The number of anilines is 1. The largest absolute Gasteiger partial charge is 0.348 e. The Morgan fingerprint density at radius 3 is 2.50 bits per heavy atom. The number of allylic oxidation sites excluding steroid dienone is 1. The zero-order valence-corrected chi connectivity index (χ0v) is 13.7. The van der Waals surface area contributed by atoms with Gasteiger partial charge >= 0.3 is 0 Å². The first kappa shape index (κ1) is 14.9. The number of nitrogens with one attached hydrogen (secondary N) is 1. The third-order valence-corrected chi connectivity index (χ3v) is 4.33. The zero-order valence-electron chi connectivity index (χ0n) is 12.9. The Morgan fingerprint density at radius 2 is 1.79 bits per heavy atom. The van der Waals surface area contributed by atoms with E-state index < -0.39 is 5.85 Å². The van der Waals surface area contributed by atoms with Crippen LogP contribution in [0.1, 0.15) is 12.5 Å². The van der Waals surface area contributed by atoms with Crippen LogP contribution in [-0.2, 0) is 0 Å². The number of aliphatic hydroxyl groups is 1. The first-order valence-electron chi connectivity index (χ1n) is 7.54. The lowest BCUT2D eigenvalue weighted by molar-refractivity contribution is 0.0501. The molecule has 2 aromatic rings. The maximum atomic E-state index is 11.1. The predicted octanol–water partition coefficient (Wildman–Crippen LogP) is 3.12. The lowest BCUT2D eigenvalue weighted by Gasteiger charge is -2.35. The SMILES string of the molecule is CC1=NN(c2ccccc2)C2(O)NN=C(c3ccc(Cl)cc3)C=C12. The molecule has 1 unspecified atom stereocenters. The lowest BCUT2D eigenvalue weighted by atomic mass is 10.00. The highest BCUT2D eigenvalue weighted by Gasteiger charge is 2.47. The summed E-state index contributed by atoms with van der Waals surface area (Å²) in [6.07, 6.45) is 1.85. The van der Waals surface area contributed by atoms with Gasteiger partial charge in [0.2, 0.25) is 0 Å². The fourth-order valence-electron chi connectivity index (χ4n) is 2.84. The van der Waals surface area contributed by atoms with E-state index >= 15 is 0 Å². The van der Waals surface area contributed by atoms with Crippen LogP contribution in [0, 0.1) is 0 Å². The molecule has 120 valence electrons. The summed E-state index contributed by atoms with van der Waals surface area (Å²) < 4.78 is 0. The molecule has 0 saturated heterocycles. The van der Waals surface area contributed by atoms with Crippen LogP contribution < -0.4 is 10.4 Å². The summed E-state index contributed by atoms with van der Waals surface area (Å²) in [6.45, 7) is 1.87. The zero-order chi connectivity index (χ0) is 16.7. The van der Waals surface area contributed by atoms with Crippen molar-refractivity contribution in [1.82, 2.24) is 5.43 Å². The van der Waals surface area contributed by atoms with Gasteiger partial charge in [-0.15, -0.1) is 0 Å². The standard InChI is InChI=1S/C18H15ClN4O/c1-12-16-11-17(13-7-9-14(19)10-8-13)20-22-18(16,24)23(21-12)15-5-3-2-4-6-15/h2-11,22,24H,1H3. The molecule has 2 N–H and O–H groups in total. The molecule has 24 heavy (non-hydrogen) atoms. The summed E-state index contributed by atoms with van der Waals surface area (Å²) in [7, 11) is 0. The second-order valence-corrected chi connectivity index (χ2v) is 6.12. The number of hydrogen-bond acceptors (Lipinski definition) is 5. The molecule has 2 aromatic carbocycles. The van der Waals surface area contributed by atoms with Gasteiger partial charge in [-0.25, -0.2) is 5.01 Å². The minimum absolute atomic E-state index is 0.668. The van der Waals surface area contributed by atoms with Crippen molar-refractivity contribution in [3.8, 4) is 0 Å². The van der Waals surface area contributed by atoms with Gasteiger partial charge in [0, 0.05) is 10.6 Å². The maximum Gasteiger partial charge on any atom is 0.281 e. The van der Waals surface area contributed by atoms with E-state index in [0.29, 0.717) is 10.6 Å². The molecule has 0 aliphatic carbocycles. The average Bonchev–Trinajstić information content (AvgIpc) is 2.87. The molecule has 0 aromatic heterocycles. The van der Waals surface area contributed by atoms with Crippen LogP contribution in [0.5, 0.6) is 0 Å². The first-order valence-corrected chi connectivity index (χ1v) is 7.92. The molecule has 4 rings (SSSR count). The second-order valence-electron chi connectivity index (χ2n) is 5.68. The molecule has 2 heterocycles. The fraction of sp³-hybridized carbons (Fsp3) is 0.111.